The van der Waals surface area contributed by atoms with Crippen LogP contribution in [0, 0.1) is 17.3 Å². The van der Waals surface area contributed by atoms with Gasteiger partial charge in [-0.2, -0.15) is 0 Å². The van der Waals surface area contributed by atoms with Gasteiger partial charge < -0.3 is 19.1 Å². The second-order valence-electron chi connectivity index (χ2n) is 18.5. The Morgan fingerprint density at radius 2 is 1.59 bits per heavy atom. The lowest BCUT2D eigenvalue weighted by Gasteiger charge is -2.52. The van der Waals surface area contributed by atoms with Crippen molar-refractivity contribution in [3.63, 3.8) is 0 Å². The number of hydrogen-bond acceptors (Lipinski definition) is 6. The van der Waals surface area contributed by atoms with E-state index < -0.39 is 40.2 Å². The zero-order chi connectivity index (χ0) is 39.0. The number of aliphatic hydroxyl groups is 1. The van der Waals surface area contributed by atoms with Crippen molar-refractivity contribution in [1.29, 1.82) is 0 Å². The third-order valence-electron chi connectivity index (χ3n) is 12.4. The maximum absolute atomic E-state index is 15.1. The van der Waals surface area contributed by atoms with Crippen LogP contribution in [0.3, 0.4) is 0 Å². The zero-order valence-corrected chi connectivity index (χ0v) is 36.7. The van der Waals surface area contributed by atoms with Gasteiger partial charge in [0.15, 0.2) is 16.6 Å². The molecule has 0 bridgehead atoms. The highest BCUT2D eigenvalue weighted by Gasteiger charge is 2.57. The van der Waals surface area contributed by atoms with Gasteiger partial charge in [0.25, 0.3) is 0 Å². The van der Waals surface area contributed by atoms with Crippen molar-refractivity contribution >= 4 is 34.5 Å². The number of aliphatic carboxylic acids is 1. The third-order valence-corrected chi connectivity index (χ3v) is 21.4. The van der Waals surface area contributed by atoms with Crippen LogP contribution in [0.1, 0.15) is 133 Å². The average Bonchev–Trinajstić information content (AvgIpc) is 2.97. The van der Waals surface area contributed by atoms with Gasteiger partial charge in [0.05, 0.1) is 35.8 Å². The Hall–Kier alpha value is -1.92. The maximum atomic E-state index is 15.1. The minimum atomic E-state index is -2.36. The molecule has 1 aromatic heterocycles. The third kappa shape index (κ3) is 12.3. The molecule has 0 unspecified atom stereocenters. The summed E-state index contributed by atoms with van der Waals surface area (Å²) in [6.07, 6.45) is 10.4. The lowest BCUT2D eigenvalue weighted by molar-refractivity contribution is -0.156. The smallest absolute Gasteiger partial charge is 0.305 e. The first-order valence-corrected chi connectivity index (χ1v) is 25.2. The summed E-state index contributed by atoms with van der Waals surface area (Å²) in [5.74, 6) is -0.972. The summed E-state index contributed by atoms with van der Waals surface area (Å²) in [5, 5.41) is 20.7. The second kappa shape index (κ2) is 18.4. The molecule has 290 valence electrons. The Morgan fingerprint density at radius 3 is 2.06 bits per heavy atom. The number of carbonyl (C=O) groups is 2. The van der Waals surface area contributed by atoms with Crippen LogP contribution in [-0.4, -0.2) is 61.9 Å². The van der Waals surface area contributed by atoms with Crippen LogP contribution in [0.5, 0.6) is 0 Å². The molecular weight excluding hydrogens is 671 g/mol. The average molecular weight is 744 g/mol. The number of nitrogens with zero attached hydrogens (tertiary/aromatic N) is 1. The Kier molecular flexibility index (Phi) is 16.3. The van der Waals surface area contributed by atoms with Gasteiger partial charge in [-0.05, 0) is 125 Å². The van der Waals surface area contributed by atoms with Gasteiger partial charge >= 0.3 is 5.97 Å². The van der Waals surface area contributed by atoms with Crippen LogP contribution in [0.15, 0.2) is 41.6 Å². The molecular formula is C42H73NO6Si2. The monoisotopic (exact) mass is 743 g/mol. The number of carboxylic acid groups (broad SMARTS) is 1. The van der Waals surface area contributed by atoms with E-state index in [2.05, 4.69) is 99.6 Å². The summed E-state index contributed by atoms with van der Waals surface area (Å²) in [7, 11) is -4.63. The quantitative estimate of drug-likeness (QED) is 0.101. The van der Waals surface area contributed by atoms with Gasteiger partial charge in [0.1, 0.15) is 5.78 Å². The molecule has 0 aromatic carbocycles. The van der Waals surface area contributed by atoms with Crippen LogP contribution < -0.4 is 0 Å². The van der Waals surface area contributed by atoms with Gasteiger partial charge in [0, 0.05) is 12.1 Å². The van der Waals surface area contributed by atoms with E-state index in [0.29, 0.717) is 25.7 Å². The van der Waals surface area contributed by atoms with E-state index in [1.54, 1.807) is 6.20 Å². The van der Waals surface area contributed by atoms with Crippen LogP contribution >= 0.6 is 0 Å². The molecule has 1 aromatic rings. The fourth-order valence-corrected chi connectivity index (χ4v) is 9.44. The van der Waals surface area contributed by atoms with Gasteiger partial charge in [-0.3, -0.25) is 14.6 Å². The fourth-order valence-electron chi connectivity index (χ4n) is 6.63. The molecule has 7 nitrogen and oxygen atoms in total. The number of Topliss-reactive ketones (excluding diaryl/α,β-unsaturated/α-hetero) is 1. The molecule has 2 rings (SSSR count). The molecule has 1 aliphatic carbocycles. The molecule has 0 amide bonds. The largest absolute Gasteiger partial charge is 0.481 e. The van der Waals surface area contributed by atoms with E-state index in [1.165, 1.54) is 5.57 Å². The van der Waals surface area contributed by atoms with Crippen molar-refractivity contribution < 1.29 is 28.7 Å². The molecule has 1 heterocycles. The molecule has 0 radical (unpaired) electrons. The molecule has 2 N–H and O–H groups in total. The zero-order valence-electron chi connectivity index (χ0n) is 34.7. The molecule has 1 aliphatic rings. The van der Waals surface area contributed by atoms with Crippen molar-refractivity contribution in [2.24, 2.45) is 17.3 Å². The summed E-state index contributed by atoms with van der Waals surface area (Å²) in [4.78, 5) is 31.7. The van der Waals surface area contributed by atoms with Crippen molar-refractivity contribution in [3.05, 3.63) is 47.3 Å². The molecule has 51 heavy (non-hydrogen) atoms. The number of carbonyl (C=O) groups excluding carboxylic acids is 1. The first-order valence-electron chi connectivity index (χ1n) is 19.4. The lowest BCUT2D eigenvalue weighted by atomic mass is 9.58. The van der Waals surface area contributed by atoms with Gasteiger partial charge in [-0.25, -0.2) is 0 Å². The topological polar surface area (TPSA) is 106 Å². The van der Waals surface area contributed by atoms with E-state index in [1.807, 2.05) is 31.2 Å². The number of pyridine rings is 1. The Labute approximate surface area is 313 Å². The minimum absolute atomic E-state index is 0.0267. The molecule has 5 atom stereocenters. The van der Waals surface area contributed by atoms with E-state index in [9.17, 15) is 15.0 Å². The normalized spacial score (nSPS) is 19.1. The van der Waals surface area contributed by atoms with Crippen molar-refractivity contribution in [1.82, 2.24) is 4.98 Å². The summed E-state index contributed by atoms with van der Waals surface area (Å²) in [6, 6.07) is 5.75. The van der Waals surface area contributed by atoms with Crippen LogP contribution in [0.2, 0.25) is 36.3 Å². The summed E-state index contributed by atoms with van der Waals surface area (Å²) < 4.78 is 14.1. The van der Waals surface area contributed by atoms with Crippen molar-refractivity contribution in [3.8, 4) is 0 Å². The van der Waals surface area contributed by atoms with E-state index in [4.69, 9.17) is 8.85 Å². The molecule has 9 heteroatoms. The van der Waals surface area contributed by atoms with Crippen molar-refractivity contribution in [2.45, 2.75) is 182 Å². The molecule has 0 spiro atoms. The standard InChI is InChI=1S/C42H73NO6Si2/c1-15-34(39(47)42(25-19-26-42)36(29-37(45)46)48-50(11,12)40(5,6)7)38(49-51(13,14)41(8,9)10)31(3)21-18-20-30(2)23-24-35(44)32(4)28-33-22-16-17-27-43-33/h16-17,22-23,27-28,31,34-36,38,44H,15,18-21,24-26,29H2,1-14H3,(H,45,46)/b30-23-,32-28+/t31-,34+,35-,36-,38-/m0/s1. The highest BCUT2D eigenvalue weighted by Crippen LogP contribution is 2.53. The highest BCUT2D eigenvalue weighted by atomic mass is 28.4. The number of allylic oxidation sites excluding steroid dienone is 1. The van der Waals surface area contributed by atoms with Crippen molar-refractivity contribution in [2.75, 3.05) is 0 Å². The Morgan fingerprint density at radius 1 is 1.00 bits per heavy atom. The van der Waals surface area contributed by atoms with Gasteiger partial charge in [0.2, 0.25) is 0 Å². The van der Waals surface area contributed by atoms with Gasteiger partial charge in [-0.1, -0.05) is 79.5 Å². The summed E-state index contributed by atoms with van der Waals surface area (Å²) >= 11 is 0. The van der Waals surface area contributed by atoms with Gasteiger partial charge in [-0.15, -0.1) is 0 Å². The number of aromatic nitrogens is 1. The molecule has 1 fully saturated rings. The van der Waals surface area contributed by atoms with Crippen LogP contribution in [-0.2, 0) is 18.4 Å². The van der Waals surface area contributed by atoms with E-state index >= 15 is 4.79 Å². The minimum Gasteiger partial charge on any atom is -0.481 e. The molecule has 1 saturated carbocycles. The lowest BCUT2D eigenvalue weighted by Crippen LogP contribution is -2.59. The summed E-state index contributed by atoms with van der Waals surface area (Å²) in [6.45, 7) is 30.4. The highest BCUT2D eigenvalue weighted by molar-refractivity contribution is 6.74. The number of hydrogen-bond donors (Lipinski definition) is 2. The van der Waals surface area contributed by atoms with Crippen LogP contribution in [0.25, 0.3) is 6.08 Å². The molecule has 0 aliphatic heterocycles. The first-order chi connectivity index (χ1) is 23.4. The predicted molar refractivity (Wildman–Crippen MR) is 217 cm³/mol. The number of carboxylic acids is 1. The Balaban J connectivity index is 2.32. The fraction of sp³-hybridized carbons (Fsp3) is 0.738. The number of ketones is 1. The predicted octanol–water partition coefficient (Wildman–Crippen LogP) is 11.0. The number of aliphatic hydroxyl groups excluding tert-OH is 1. The first kappa shape index (κ1) is 45.2. The van der Waals surface area contributed by atoms with Crippen LogP contribution in [0.4, 0.5) is 0 Å². The van der Waals surface area contributed by atoms with E-state index in [-0.39, 0.29) is 40.2 Å². The maximum Gasteiger partial charge on any atom is 0.305 e. The van der Waals surface area contributed by atoms with E-state index in [0.717, 1.165) is 37.0 Å². The molecule has 0 saturated heterocycles. The Bertz CT molecular complexity index is 1340. The SMILES string of the molecule is CC[C@@H](C(=O)C1([C@H](CC(=O)O)O[Si](C)(C)C(C)(C)C)CCC1)[C@@H](O[Si](C)(C)C(C)(C)C)[C@@H](C)CCC/C(C)=C\C[C@H](O)/C(C)=C/c1ccccn1. The second-order valence-corrected chi connectivity index (χ2v) is 28.0. The number of rotatable bonds is 20. The summed E-state index contributed by atoms with van der Waals surface area (Å²) in [5.41, 5.74) is 2.17.